The lowest BCUT2D eigenvalue weighted by atomic mass is 10.1. The van der Waals surface area contributed by atoms with Gasteiger partial charge in [0.25, 0.3) is 5.91 Å². The molecular weight excluding hydrogens is 396 g/mol. The topological polar surface area (TPSA) is 97.6 Å². The highest BCUT2D eigenvalue weighted by Gasteiger charge is 2.18. The van der Waals surface area contributed by atoms with Crippen molar-refractivity contribution in [1.29, 1.82) is 0 Å². The number of hydrogen-bond acceptors (Lipinski definition) is 4. The molecule has 7 heteroatoms. The number of aryl methyl sites for hydroxylation is 2. The quantitative estimate of drug-likeness (QED) is 0.570. The molecule has 0 saturated heterocycles. The summed E-state index contributed by atoms with van der Waals surface area (Å²) in [6, 6.07) is 15.3. The zero-order valence-electron chi connectivity index (χ0n) is 17.6. The SMILES string of the molecule is COC(=O)c1ccc(C(=O)NCCc2cccc(C(=O)O)c2)cc1-n1c(C)ccc1C. The maximum Gasteiger partial charge on any atom is 0.339 e. The number of benzene rings is 2. The maximum absolute atomic E-state index is 12.7. The first-order chi connectivity index (χ1) is 14.8. The van der Waals surface area contributed by atoms with Crippen LogP contribution in [-0.4, -0.2) is 41.2 Å². The van der Waals surface area contributed by atoms with E-state index in [4.69, 9.17) is 9.84 Å². The molecule has 7 nitrogen and oxygen atoms in total. The molecule has 0 unspecified atom stereocenters. The van der Waals surface area contributed by atoms with Crippen LogP contribution in [0.4, 0.5) is 0 Å². The summed E-state index contributed by atoms with van der Waals surface area (Å²) in [4.78, 5) is 36.1. The molecule has 2 N–H and O–H groups in total. The Morgan fingerprint density at radius 1 is 0.968 bits per heavy atom. The average Bonchev–Trinajstić information content (AvgIpc) is 3.10. The van der Waals surface area contributed by atoms with Gasteiger partial charge < -0.3 is 19.7 Å². The molecule has 0 radical (unpaired) electrons. The van der Waals surface area contributed by atoms with Crippen molar-refractivity contribution in [2.75, 3.05) is 13.7 Å². The number of nitrogens with zero attached hydrogens (tertiary/aromatic N) is 1. The predicted molar refractivity (Wildman–Crippen MR) is 116 cm³/mol. The van der Waals surface area contributed by atoms with Crippen LogP contribution in [0.25, 0.3) is 5.69 Å². The van der Waals surface area contributed by atoms with Crippen molar-refractivity contribution >= 4 is 17.8 Å². The van der Waals surface area contributed by atoms with Crippen LogP contribution in [0.15, 0.2) is 54.6 Å². The summed E-state index contributed by atoms with van der Waals surface area (Å²) in [5.41, 5.74) is 4.25. The maximum atomic E-state index is 12.7. The van der Waals surface area contributed by atoms with Gasteiger partial charge in [-0.15, -0.1) is 0 Å². The zero-order valence-corrected chi connectivity index (χ0v) is 17.6. The second-order valence-electron chi connectivity index (χ2n) is 7.19. The Balaban J connectivity index is 1.80. The van der Waals surface area contributed by atoms with Crippen LogP contribution in [0.3, 0.4) is 0 Å². The Morgan fingerprint density at radius 3 is 2.32 bits per heavy atom. The molecule has 1 amide bonds. The second-order valence-corrected chi connectivity index (χ2v) is 7.19. The number of aromatic nitrogens is 1. The molecule has 31 heavy (non-hydrogen) atoms. The van der Waals surface area contributed by atoms with E-state index in [0.29, 0.717) is 29.8 Å². The summed E-state index contributed by atoms with van der Waals surface area (Å²) in [5.74, 6) is -1.75. The van der Waals surface area contributed by atoms with Gasteiger partial charge in [-0.3, -0.25) is 4.79 Å². The number of methoxy groups -OCH3 is 1. The van der Waals surface area contributed by atoms with Crippen LogP contribution in [0.1, 0.15) is 48.0 Å². The number of nitrogens with one attached hydrogen (secondary N) is 1. The smallest absolute Gasteiger partial charge is 0.339 e. The molecule has 0 saturated carbocycles. The molecule has 0 aliphatic carbocycles. The summed E-state index contributed by atoms with van der Waals surface area (Å²) in [6.45, 7) is 4.19. The Labute approximate surface area is 180 Å². The summed E-state index contributed by atoms with van der Waals surface area (Å²) in [7, 11) is 1.32. The number of amides is 1. The van der Waals surface area contributed by atoms with E-state index in [2.05, 4.69) is 5.32 Å². The summed E-state index contributed by atoms with van der Waals surface area (Å²) in [5, 5.41) is 11.9. The average molecular weight is 420 g/mol. The van der Waals surface area contributed by atoms with E-state index in [-0.39, 0.29) is 11.5 Å². The minimum Gasteiger partial charge on any atom is -0.478 e. The largest absolute Gasteiger partial charge is 0.478 e. The molecule has 0 aliphatic rings. The fourth-order valence-corrected chi connectivity index (χ4v) is 3.47. The summed E-state index contributed by atoms with van der Waals surface area (Å²) < 4.78 is 6.80. The van der Waals surface area contributed by atoms with Gasteiger partial charge in [0.2, 0.25) is 0 Å². The third-order valence-electron chi connectivity index (χ3n) is 5.05. The molecule has 3 aromatic rings. The normalized spacial score (nSPS) is 10.5. The van der Waals surface area contributed by atoms with E-state index >= 15 is 0 Å². The molecular formula is C24H24N2O5. The Hall–Kier alpha value is -3.87. The Kier molecular flexibility index (Phi) is 6.55. The molecule has 0 fully saturated rings. The number of rotatable bonds is 7. The minimum atomic E-state index is -0.986. The minimum absolute atomic E-state index is 0.212. The third kappa shape index (κ3) is 4.83. The Bertz CT molecular complexity index is 1130. The lowest BCUT2D eigenvalue weighted by molar-refractivity contribution is 0.0599. The van der Waals surface area contributed by atoms with Gasteiger partial charge in [-0.05, 0) is 68.3 Å². The first-order valence-electron chi connectivity index (χ1n) is 9.80. The highest BCUT2D eigenvalue weighted by Crippen LogP contribution is 2.23. The fourth-order valence-electron chi connectivity index (χ4n) is 3.47. The third-order valence-corrected chi connectivity index (χ3v) is 5.05. The number of carboxylic acids is 1. The molecule has 0 bridgehead atoms. The number of hydrogen-bond donors (Lipinski definition) is 2. The molecule has 1 heterocycles. The van der Waals surface area contributed by atoms with Gasteiger partial charge in [0.1, 0.15) is 0 Å². The van der Waals surface area contributed by atoms with Crippen molar-refractivity contribution in [2.45, 2.75) is 20.3 Å². The van der Waals surface area contributed by atoms with Crippen molar-refractivity contribution in [3.05, 3.63) is 88.2 Å². The molecule has 160 valence electrons. The Morgan fingerprint density at radius 2 is 1.68 bits per heavy atom. The van der Waals surface area contributed by atoms with Crippen LogP contribution in [0.5, 0.6) is 0 Å². The first kappa shape index (κ1) is 21.8. The number of carboxylic acid groups (broad SMARTS) is 1. The van der Waals surface area contributed by atoms with Gasteiger partial charge in [0.15, 0.2) is 0 Å². The van der Waals surface area contributed by atoms with Crippen LogP contribution >= 0.6 is 0 Å². The van der Waals surface area contributed by atoms with Crippen LogP contribution in [0.2, 0.25) is 0 Å². The highest BCUT2D eigenvalue weighted by molar-refractivity contribution is 5.99. The van der Waals surface area contributed by atoms with Crippen LogP contribution in [0, 0.1) is 13.8 Å². The standard InChI is InChI=1S/C24H24N2O5/c1-15-7-8-16(2)26(15)21-14-18(9-10-20(21)24(30)31-3)22(27)25-12-11-17-5-4-6-19(13-17)23(28)29/h4-10,13-14H,11-12H2,1-3H3,(H,25,27)(H,28,29). The first-order valence-corrected chi connectivity index (χ1v) is 9.80. The molecule has 0 aliphatic heterocycles. The zero-order chi connectivity index (χ0) is 22.5. The van der Waals surface area contributed by atoms with E-state index in [9.17, 15) is 14.4 Å². The van der Waals surface area contributed by atoms with Crippen molar-refractivity contribution in [1.82, 2.24) is 9.88 Å². The monoisotopic (exact) mass is 420 g/mol. The van der Waals surface area contributed by atoms with E-state index < -0.39 is 11.9 Å². The number of aromatic carboxylic acids is 1. The van der Waals surface area contributed by atoms with Crippen LogP contribution in [-0.2, 0) is 11.2 Å². The van der Waals surface area contributed by atoms with E-state index in [1.807, 2.05) is 36.6 Å². The molecule has 3 rings (SSSR count). The fraction of sp³-hybridized carbons (Fsp3) is 0.208. The van der Waals surface area contributed by atoms with Gasteiger partial charge in [0, 0.05) is 23.5 Å². The van der Waals surface area contributed by atoms with Crippen molar-refractivity contribution in [2.24, 2.45) is 0 Å². The lowest BCUT2D eigenvalue weighted by Crippen LogP contribution is -2.26. The van der Waals surface area contributed by atoms with Crippen molar-refractivity contribution in [3.8, 4) is 5.69 Å². The van der Waals surface area contributed by atoms with Gasteiger partial charge >= 0.3 is 11.9 Å². The van der Waals surface area contributed by atoms with Crippen LogP contribution < -0.4 is 5.32 Å². The molecule has 0 spiro atoms. The van der Waals surface area contributed by atoms with Gasteiger partial charge in [-0.25, -0.2) is 9.59 Å². The predicted octanol–water partition coefficient (Wildman–Crippen LogP) is 3.55. The highest BCUT2D eigenvalue weighted by atomic mass is 16.5. The van der Waals surface area contributed by atoms with Crippen molar-refractivity contribution in [3.63, 3.8) is 0 Å². The van der Waals surface area contributed by atoms with Gasteiger partial charge in [-0.1, -0.05) is 12.1 Å². The summed E-state index contributed by atoms with van der Waals surface area (Å²) in [6.07, 6.45) is 0.496. The summed E-state index contributed by atoms with van der Waals surface area (Å²) >= 11 is 0. The van der Waals surface area contributed by atoms with E-state index in [0.717, 1.165) is 17.0 Å². The van der Waals surface area contributed by atoms with E-state index in [1.165, 1.54) is 13.2 Å². The van der Waals surface area contributed by atoms with Crippen molar-refractivity contribution < 1.29 is 24.2 Å². The number of carbonyl (C=O) groups is 3. The molecule has 1 aromatic heterocycles. The number of esters is 1. The van der Waals surface area contributed by atoms with Gasteiger partial charge in [0.05, 0.1) is 23.9 Å². The molecule has 0 atom stereocenters. The second kappa shape index (κ2) is 9.30. The molecule has 2 aromatic carbocycles. The van der Waals surface area contributed by atoms with E-state index in [1.54, 1.807) is 30.3 Å². The lowest BCUT2D eigenvalue weighted by Gasteiger charge is -2.15. The number of carbonyl (C=O) groups excluding carboxylic acids is 2. The number of ether oxygens (including phenoxy) is 1. The van der Waals surface area contributed by atoms with Gasteiger partial charge in [-0.2, -0.15) is 0 Å².